The van der Waals surface area contributed by atoms with Gasteiger partial charge in [0.25, 0.3) is 0 Å². The van der Waals surface area contributed by atoms with Gasteiger partial charge in [0.05, 0.1) is 31.1 Å². The molecule has 0 spiro atoms. The molecule has 0 saturated carbocycles. The second kappa shape index (κ2) is 4.03. The number of nitrogens with zero attached hydrogens (tertiary/aromatic N) is 4. The van der Waals surface area contributed by atoms with Crippen LogP contribution in [0.25, 0.3) is 0 Å². The van der Waals surface area contributed by atoms with Crippen LogP contribution < -0.4 is 5.84 Å². The Morgan fingerprint density at radius 3 is 1.95 bits per heavy atom. The minimum atomic E-state index is 0.0743. The largest absolute Gasteiger partial charge is 0.323 e. The Kier molecular flexibility index (Phi) is 2.42. The van der Waals surface area contributed by atoms with E-state index >= 15 is 0 Å². The average Bonchev–Trinajstić information content (AvgIpc) is 2.38. The van der Waals surface area contributed by atoms with E-state index in [-0.39, 0.29) is 5.41 Å². The van der Waals surface area contributed by atoms with Gasteiger partial charge in [0.1, 0.15) is 0 Å². The third kappa shape index (κ3) is 1.69. The smallest absolute Gasteiger partial charge is 0.0772 e. The van der Waals surface area contributed by atoms with Gasteiger partial charge in [-0.2, -0.15) is 5.10 Å². The Labute approximate surface area is 113 Å². The monoisotopic (exact) mass is 257 g/mol. The molecule has 2 N–H and O–H groups in total. The third-order valence-corrected chi connectivity index (χ3v) is 4.46. The van der Waals surface area contributed by atoms with Crippen molar-refractivity contribution in [3.05, 3.63) is 35.9 Å². The van der Waals surface area contributed by atoms with Crippen LogP contribution in [0.2, 0.25) is 0 Å². The molecule has 5 rings (SSSR count). The molecule has 5 heteroatoms. The molecule has 4 aliphatic rings. The zero-order valence-corrected chi connectivity index (χ0v) is 11.0. The SMILES string of the molecule is N/N=C(/c1ccccc1)C12CN3CN(CN(C3)C1)C2. The first-order valence-electron chi connectivity index (χ1n) is 6.80. The number of hydrogen-bond acceptors (Lipinski definition) is 5. The van der Waals surface area contributed by atoms with Gasteiger partial charge in [-0.05, 0) is 5.56 Å². The number of hydrogen-bond donors (Lipinski definition) is 1. The van der Waals surface area contributed by atoms with Gasteiger partial charge in [0, 0.05) is 19.6 Å². The topological polar surface area (TPSA) is 48.1 Å². The van der Waals surface area contributed by atoms with E-state index in [9.17, 15) is 0 Å². The predicted octanol–water partition coefficient (Wildman–Crippen LogP) is 0.155. The van der Waals surface area contributed by atoms with E-state index < -0.39 is 0 Å². The fraction of sp³-hybridized carbons (Fsp3) is 0.500. The molecule has 4 bridgehead atoms. The van der Waals surface area contributed by atoms with Gasteiger partial charge in [-0.1, -0.05) is 30.3 Å². The maximum absolute atomic E-state index is 5.76. The molecule has 1 aromatic rings. The van der Waals surface area contributed by atoms with Crippen molar-refractivity contribution in [2.75, 3.05) is 39.6 Å². The summed E-state index contributed by atoms with van der Waals surface area (Å²) in [5.74, 6) is 5.76. The summed E-state index contributed by atoms with van der Waals surface area (Å²) >= 11 is 0. The van der Waals surface area contributed by atoms with Crippen molar-refractivity contribution < 1.29 is 0 Å². The molecule has 4 aliphatic heterocycles. The van der Waals surface area contributed by atoms with Crippen LogP contribution in [0, 0.1) is 5.41 Å². The van der Waals surface area contributed by atoms with E-state index in [2.05, 4.69) is 44.1 Å². The van der Waals surface area contributed by atoms with Gasteiger partial charge in [-0.15, -0.1) is 0 Å². The van der Waals surface area contributed by atoms with Crippen molar-refractivity contribution in [2.24, 2.45) is 16.4 Å². The highest BCUT2D eigenvalue weighted by Gasteiger charge is 2.51. The van der Waals surface area contributed by atoms with Crippen molar-refractivity contribution in [3.8, 4) is 0 Å². The lowest BCUT2D eigenvalue weighted by Crippen LogP contribution is -2.74. The molecule has 0 amide bonds. The number of benzene rings is 1. The second-order valence-corrected chi connectivity index (χ2v) is 6.04. The van der Waals surface area contributed by atoms with Crippen LogP contribution in [-0.4, -0.2) is 60.1 Å². The fourth-order valence-electron chi connectivity index (χ4n) is 4.06. The molecular weight excluding hydrogens is 238 g/mol. The van der Waals surface area contributed by atoms with Gasteiger partial charge < -0.3 is 5.84 Å². The highest BCUT2D eigenvalue weighted by atomic mass is 15.5. The molecule has 0 unspecified atom stereocenters. The lowest BCUT2D eigenvalue weighted by molar-refractivity contribution is -0.149. The van der Waals surface area contributed by atoms with Gasteiger partial charge in [0.15, 0.2) is 0 Å². The van der Waals surface area contributed by atoms with E-state index in [1.165, 1.54) is 0 Å². The summed E-state index contributed by atoms with van der Waals surface area (Å²) in [5, 5.41) is 4.18. The van der Waals surface area contributed by atoms with Crippen LogP contribution in [0.5, 0.6) is 0 Å². The lowest BCUT2D eigenvalue weighted by atomic mass is 9.74. The first-order valence-corrected chi connectivity index (χ1v) is 6.80. The highest BCUT2D eigenvalue weighted by molar-refractivity contribution is 6.05. The molecule has 5 nitrogen and oxygen atoms in total. The van der Waals surface area contributed by atoms with Gasteiger partial charge in [-0.3, -0.25) is 14.7 Å². The Balaban J connectivity index is 1.74. The van der Waals surface area contributed by atoms with Crippen LogP contribution >= 0.6 is 0 Å². The molecule has 1 aromatic carbocycles. The molecule has 19 heavy (non-hydrogen) atoms. The van der Waals surface area contributed by atoms with Crippen molar-refractivity contribution in [3.63, 3.8) is 0 Å². The Morgan fingerprint density at radius 2 is 1.47 bits per heavy atom. The van der Waals surface area contributed by atoms with Crippen LogP contribution in [-0.2, 0) is 0 Å². The Morgan fingerprint density at radius 1 is 0.947 bits per heavy atom. The van der Waals surface area contributed by atoms with Crippen molar-refractivity contribution in [1.29, 1.82) is 0 Å². The molecule has 4 fully saturated rings. The van der Waals surface area contributed by atoms with Crippen LogP contribution in [0.1, 0.15) is 5.56 Å². The lowest BCUT2D eigenvalue weighted by Gasteiger charge is -2.60. The molecule has 100 valence electrons. The zero-order chi connectivity index (χ0) is 12.9. The Hall–Kier alpha value is -1.43. The van der Waals surface area contributed by atoms with E-state index in [4.69, 9.17) is 5.84 Å². The van der Waals surface area contributed by atoms with Crippen molar-refractivity contribution in [1.82, 2.24) is 14.7 Å². The summed E-state index contributed by atoms with van der Waals surface area (Å²) in [6, 6.07) is 10.4. The molecule has 0 aromatic heterocycles. The zero-order valence-electron chi connectivity index (χ0n) is 11.0. The molecule has 0 atom stereocenters. The first-order chi connectivity index (χ1) is 9.29. The highest BCUT2D eigenvalue weighted by Crippen LogP contribution is 2.38. The van der Waals surface area contributed by atoms with E-state index in [0.29, 0.717) is 0 Å². The first kappa shape index (κ1) is 11.4. The summed E-state index contributed by atoms with van der Waals surface area (Å²) in [6.07, 6.45) is 0. The molecule has 4 heterocycles. The summed E-state index contributed by atoms with van der Waals surface area (Å²) in [6.45, 7) is 6.49. The normalized spacial score (nSPS) is 40.6. The van der Waals surface area contributed by atoms with Crippen LogP contribution in [0.15, 0.2) is 35.4 Å². The molecule has 4 saturated heterocycles. The summed E-state index contributed by atoms with van der Waals surface area (Å²) < 4.78 is 0. The van der Waals surface area contributed by atoms with Gasteiger partial charge in [-0.25, -0.2) is 0 Å². The van der Waals surface area contributed by atoms with Crippen LogP contribution in [0.4, 0.5) is 0 Å². The van der Waals surface area contributed by atoms with E-state index in [1.54, 1.807) is 0 Å². The minimum absolute atomic E-state index is 0.0743. The standard InChI is InChI=1S/C14H19N5/c15-16-13(12-4-2-1-3-5-12)14-6-17-9-18(7-14)11-19(8-14)10-17/h1-5H,6-11,15H2/b16-13-. The second-order valence-electron chi connectivity index (χ2n) is 6.04. The quantitative estimate of drug-likeness (QED) is 0.466. The Bertz CT molecular complexity index is 475. The number of nitrogens with two attached hydrogens (primary N) is 1. The predicted molar refractivity (Wildman–Crippen MR) is 74.3 cm³/mol. The summed E-state index contributed by atoms with van der Waals surface area (Å²) in [5.41, 5.74) is 2.30. The van der Waals surface area contributed by atoms with Gasteiger partial charge >= 0.3 is 0 Å². The van der Waals surface area contributed by atoms with E-state index in [0.717, 1.165) is 50.9 Å². The minimum Gasteiger partial charge on any atom is -0.323 e. The van der Waals surface area contributed by atoms with E-state index in [1.807, 2.05) is 6.07 Å². The molecule has 0 aliphatic carbocycles. The number of hydrazone groups is 1. The van der Waals surface area contributed by atoms with Crippen molar-refractivity contribution in [2.45, 2.75) is 0 Å². The third-order valence-electron chi connectivity index (χ3n) is 4.46. The summed E-state index contributed by atoms with van der Waals surface area (Å²) in [4.78, 5) is 7.47. The van der Waals surface area contributed by atoms with Gasteiger partial charge in [0.2, 0.25) is 0 Å². The maximum atomic E-state index is 5.76. The fourth-order valence-corrected chi connectivity index (χ4v) is 4.06. The van der Waals surface area contributed by atoms with Crippen LogP contribution in [0.3, 0.4) is 0 Å². The molecule has 0 radical (unpaired) electrons. The maximum Gasteiger partial charge on any atom is 0.0772 e. The summed E-state index contributed by atoms with van der Waals surface area (Å²) in [7, 11) is 0. The number of rotatable bonds is 2. The molecular formula is C14H19N5. The van der Waals surface area contributed by atoms with Crippen molar-refractivity contribution >= 4 is 5.71 Å². The average molecular weight is 257 g/mol.